The van der Waals surface area contributed by atoms with E-state index in [1.807, 2.05) is 6.07 Å². The molecule has 0 atom stereocenters. The second-order valence-electron chi connectivity index (χ2n) is 4.61. The maximum absolute atomic E-state index is 9.50. The largest absolute Gasteiger partial charge is 0.395 e. The molecule has 2 aromatic heterocycles. The molecule has 0 aliphatic heterocycles. The van der Waals surface area contributed by atoms with Crippen LogP contribution in [-0.4, -0.2) is 16.1 Å². The van der Waals surface area contributed by atoms with Gasteiger partial charge in [-0.05, 0) is 43.5 Å². The van der Waals surface area contributed by atoms with E-state index in [4.69, 9.17) is 0 Å². The van der Waals surface area contributed by atoms with Crippen molar-refractivity contribution in [3.63, 3.8) is 0 Å². The summed E-state index contributed by atoms with van der Waals surface area (Å²) in [5, 5.41) is 9.50. The molecule has 0 radical (unpaired) electrons. The van der Waals surface area contributed by atoms with Crippen molar-refractivity contribution in [2.75, 3.05) is 6.61 Å². The van der Waals surface area contributed by atoms with Crippen LogP contribution in [0.3, 0.4) is 0 Å². The van der Waals surface area contributed by atoms with E-state index in [1.165, 1.54) is 16.8 Å². The molecule has 0 aromatic carbocycles. The Hall–Kier alpha value is -1.28. The van der Waals surface area contributed by atoms with Crippen molar-refractivity contribution in [1.82, 2.24) is 4.40 Å². The number of nitrogens with zero attached hydrogens (tertiary/aromatic N) is 1. The molecular formula is C13H15NO. The average Bonchev–Trinajstić information content (AvgIpc) is 2.95. The predicted octanol–water partition coefficient (Wildman–Crippen LogP) is 2.27. The first-order chi connectivity index (χ1) is 7.27. The lowest BCUT2D eigenvalue weighted by molar-refractivity contribution is 0.251. The lowest BCUT2D eigenvalue weighted by Gasteiger charge is -2.13. The number of aromatic nitrogens is 1. The zero-order valence-electron chi connectivity index (χ0n) is 8.90. The maximum Gasteiger partial charge on any atom is 0.0542 e. The third-order valence-electron chi connectivity index (χ3n) is 3.53. The topological polar surface area (TPSA) is 24.6 Å². The first kappa shape index (κ1) is 8.98. The quantitative estimate of drug-likeness (QED) is 0.792. The molecule has 1 aliphatic carbocycles. The van der Waals surface area contributed by atoms with Crippen LogP contribution in [0.25, 0.3) is 5.52 Å². The van der Waals surface area contributed by atoms with Crippen LogP contribution >= 0.6 is 0 Å². The van der Waals surface area contributed by atoms with Crippen molar-refractivity contribution >= 4 is 5.52 Å². The van der Waals surface area contributed by atoms with Crippen molar-refractivity contribution in [3.8, 4) is 0 Å². The Morgan fingerprint density at radius 3 is 2.87 bits per heavy atom. The minimum Gasteiger partial charge on any atom is -0.395 e. The summed E-state index contributed by atoms with van der Waals surface area (Å²) in [7, 11) is 0. The summed E-state index contributed by atoms with van der Waals surface area (Å²) in [4.78, 5) is 0. The first-order valence-electron chi connectivity index (χ1n) is 5.45. The molecule has 2 nitrogen and oxygen atoms in total. The van der Waals surface area contributed by atoms with Gasteiger partial charge in [0.05, 0.1) is 6.61 Å². The average molecular weight is 201 g/mol. The Bertz CT molecular complexity index is 508. The molecule has 15 heavy (non-hydrogen) atoms. The molecule has 1 saturated carbocycles. The molecule has 3 rings (SSSR count). The number of aryl methyl sites for hydroxylation is 1. The van der Waals surface area contributed by atoms with Crippen LogP contribution in [0, 0.1) is 6.92 Å². The number of pyridine rings is 1. The number of fused-ring (bicyclic) bond motifs is 1. The Balaban J connectivity index is 2.29. The Morgan fingerprint density at radius 2 is 2.20 bits per heavy atom. The number of hydrogen-bond acceptors (Lipinski definition) is 1. The van der Waals surface area contributed by atoms with Crippen LogP contribution < -0.4 is 0 Å². The molecule has 0 amide bonds. The zero-order valence-corrected chi connectivity index (χ0v) is 8.90. The van der Waals surface area contributed by atoms with Crippen molar-refractivity contribution in [3.05, 3.63) is 41.7 Å². The third kappa shape index (κ3) is 1.15. The highest BCUT2D eigenvalue weighted by Gasteiger charge is 2.46. The molecule has 2 aromatic rings. The SMILES string of the molecule is Cc1cc2ccccn2c1C1(CO)CC1. The van der Waals surface area contributed by atoms with Crippen molar-refractivity contribution < 1.29 is 5.11 Å². The first-order valence-corrected chi connectivity index (χ1v) is 5.45. The second kappa shape index (κ2) is 2.86. The van der Waals surface area contributed by atoms with Gasteiger partial charge < -0.3 is 9.51 Å². The zero-order chi connectivity index (χ0) is 10.5. The minimum atomic E-state index is 0.0534. The van der Waals surface area contributed by atoms with Crippen LogP contribution in [0.2, 0.25) is 0 Å². The van der Waals surface area contributed by atoms with E-state index in [9.17, 15) is 5.11 Å². The Morgan fingerprint density at radius 1 is 1.40 bits per heavy atom. The molecule has 1 aliphatic rings. The fraction of sp³-hybridized carbons (Fsp3) is 0.385. The van der Waals surface area contributed by atoms with Gasteiger partial charge in [0.15, 0.2) is 0 Å². The molecule has 2 heteroatoms. The molecule has 1 N–H and O–H groups in total. The van der Waals surface area contributed by atoms with Gasteiger partial charge >= 0.3 is 0 Å². The van der Waals surface area contributed by atoms with Crippen LogP contribution in [-0.2, 0) is 5.41 Å². The van der Waals surface area contributed by atoms with Gasteiger partial charge in [0.25, 0.3) is 0 Å². The van der Waals surface area contributed by atoms with Gasteiger partial charge in [-0.1, -0.05) is 6.07 Å². The van der Waals surface area contributed by atoms with Gasteiger partial charge in [-0.15, -0.1) is 0 Å². The van der Waals surface area contributed by atoms with Gasteiger partial charge in [0.2, 0.25) is 0 Å². The molecule has 0 unspecified atom stereocenters. The van der Waals surface area contributed by atoms with Gasteiger partial charge in [0, 0.05) is 22.8 Å². The van der Waals surface area contributed by atoms with Crippen LogP contribution in [0.4, 0.5) is 0 Å². The van der Waals surface area contributed by atoms with E-state index in [1.54, 1.807) is 0 Å². The van der Waals surface area contributed by atoms with Gasteiger partial charge in [0.1, 0.15) is 0 Å². The van der Waals surface area contributed by atoms with E-state index < -0.39 is 0 Å². The number of hydrogen-bond donors (Lipinski definition) is 1. The van der Waals surface area contributed by atoms with Crippen molar-refractivity contribution in [2.45, 2.75) is 25.2 Å². The molecule has 2 heterocycles. The summed E-state index contributed by atoms with van der Waals surface area (Å²) in [6, 6.07) is 8.41. The molecule has 1 fully saturated rings. The summed E-state index contributed by atoms with van der Waals surface area (Å²) in [5.41, 5.74) is 3.88. The van der Waals surface area contributed by atoms with E-state index in [-0.39, 0.29) is 12.0 Å². The fourth-order valence-corrected chi connectivity index (χ4v) is 2.55. The summed E-state index contributed by atoms with van der Waals surface area (Å²) >= 11 is 0. The highest BCUT2D eigenvalue weighted by molar-refractivity contribution is 5.55. The summed E-state index contributed by atoms with van der Waals surface area (Å²) in [6.45, 7) is 2.41. The van der Waals surface area contributed by atoms with Crippen LogP contribution in [0.15, 0.2) is 30.5 Å². The van der Waals surface area contributed by atoms with Crippen molar-refractivity contribution in [1.29, 1.82) is 0 Å². The Kier molecular flexibility index (Phi) is 1.71. The fourth-order valence-electron chi connectivity index (χ4n) is 2.55. The number of aliphatic hydroxyl groups is 1. The van der Waals surface area contributed by atoms with E-state index in [0.29, 0.717) is 0 Å². The van der Waals surface area contributed by atoms with Gasteiger partial charge in [-0.25, -0.2) is 0 Å². The standard InChI is InChI=1S/C13H15NO/c1-10-8-11-4-2-3-7-14(11)12(10)13(9-15)5-6-13/h2-4,7-8,15H,5-6,9H2,1H3. The van der Waals surface area contributed by atoms with Crippen LogP contribution in [0.5, 0.6) is 0 Å². The highest BCUT2D eigenvalue weighted by Crippen LogP contribution is 2.49. The summed E-state index contributed by atoms with van der Waals surface area (Å²) in [6.07, 6.45) is 4.32. The lowest BCUT2D eigenvalue weighted by atomic mass is 10.0. The molecule has 78 valence electrons. The minimum absolute atomic E-state index is 0.0534. The number of rotatable bonds is 2. The van der Waals surface area contributed by atoms with Gasteiger partial charge in [-0.2, -0.15) is 0 Å². The monoisotopic (exact) mass is 201 g/mol. The highest BCUT2D eigenvalue weighted by atomic mass is 16.3. The summed E-state index contributed by atoms with van der Waals surface area (Å²) in [5.74, 6) is 0. The molecular weight excluding hydrogens is 186 g/mol. The predicted molar refractivity (Wildman–Crippen MR) is 60.1 cm³/mol. The second-order valence-corrected chi connectivity index (χ2v) is 4.61. The normalized spacial score (nSPS) is 18.3. The lowest BCUT2D eigenvalue weighted by Crippen LogP contribution is -2.15. The molecule has 0 saturated heterocycles. The number of aliphatic hydroxyl groups excluding tert-OH is 1. The van der Waals surface area contributed by atoms with E-state index in [0.717, 1.165) is 12.8 Å². The maximum atomic E-state index is 9.50. The smallest absolute Gasteiger partial charge is 0.0542 e. The summed E-state index contributed by atoms with van der Waals surface area (Å²) < 4.78 is 2.22. The van der Waals surface area contributed by atoms with E-state index in [2.05, 4.69) is 35.7 Å². The van der Waals surface area contributed by atoms with Gasteiger partial charge in [-0.3, -0.25) is 0 Å². The van der Waals surface area contributed by atoms with E-state index >= 15 is 0 Å². The Labute approximate surface area is 89.2 Å². The molecule has 0 spiro atoms. The molecule has 0 bridgehead atoms. The van der Waals surface area contributed by atoms with Crippen LogP contribution in [0.1, 0.15) is 24.1 Å². The third-order valence-corrected chi connectivity index (χ3v) is 3.53. The van der Waals surface area contributed by atoms with Crippen molar-refractivity contribution in [2.24, 2.45) is 0 Å².